The van der Waals surface area contributed by atoms with Crippen LogP contribution in [0.15, 0.2) is 18.9 Å². The molecular formula is C5H3ClN4. The smallest absolute Gasteiger partial charge is 0.178 e. The topological polar surface area (TPSA) is 43.6 Å². The maximum atomic E-state index is 5.64. The predicted octanol–water partition coefficient (Wildman–Crippen LogP) is 0.828. The second kappa shape index (κ2) is 1.91. The van der Waals surface area contributed by atoms with Crippen molar-refractivity contribution in [3.63, 3.8) is 0 Å². The number of hydrogen-bond acceptors (Lipinski definition) is 3. The molecule has 0 N–H and O–H groups in total. The first-order chi connectivity index (χ1) is 4.88. The summed E-state index contributed by atoms with van der Waals surface area (Å²) in [5.74, 6) is 0. The normalized spacial score (nSPS) is 10.5. The van der Waals surface area contributed by atoms with Gasteiger partial charge in [-0.3, -0.25) is 0 Å². The summed E-state index contributed by atoms with van der Waals surface area (Å²) >= 11 is 5.64. The van der Waals surface area contributed by atoms with Crippen LogP contribution in [0.25, 0.3) is 11.2 Å². The number of halogens is 1. The second-order valence-electron chi connectivity index (χ2n) is 1.79. The molecule has 0 aromatic carbocycles. The molecule has 50 valence electrons. The highest BCUT2D eigenvalue weighted by Crippen LogP contribution is 2.07. The van der Waals surface area contributed by atoms with Crippen molar-refractivity contribution in [3.8, 4) is 0 Å². The van der Waals surface area contributed by atoms with Crippen molar-refractivity contribution in [3.05, 3.63) is 18.9 Å². The van der Waals surface area contributed by atoms with Gasteiger partial charge in [0.2, 0.25) is 0 Å². The van der Waals surface area contributed by atoms with Gasteiger partial charge >= 0.3 is 0 Å². The van der Waals surface area contributed by atoms with E-state index in [1.165, 1.54) is 16.7 Å². The van der Waals surface area contributed by atoms with Gasteiger partial charge in [-0.05, 0) is 0 Å². The van der Waals surface area contributed by atoms with Crippen molar-refractivity contribution in [1.82, 2.24) is 19.0 Å². The van der Waals surface area contributed by atoms with E-state index in [2.05, 4.69) is 15.0 Å². The fourth-order valence-corrected chi connectivity index (χ4v) is 0.913. The first-order valence-electron chi connectivity index (χ1n) is 2.67. The fourth-order valence-electron chi connectivity index (χ4n) is 0.739. The molecule has 0 saturated heterocycles. The predicted molar refractivity (Wildman–Crippen MR) is 36.6 cm³/mol. The Morgan fingerprint density at radius 1 is 1.40 bits per heavy atom. The SMILES string of the molecule is Cln1cnc2cncnc21. The molecule has 4 nitrogen and oxygen atoms in total. The quantitative estimate of drug-likeness (QED) is 0.565. The van der Waals surface area contributed by atoms with Crippen LogP contribution in [0.2, 0.25) is 0 Å². The molecule has 2 aromatic heterocycles. The lowest BCUT2D eigenvalue weighted by atomic mass is 10.6. The van der Waals surface area contributed by atoms with Crippen LogP contribution in [0.3, 0.4) is 0 Å². The Balaban J connectivity index is 2.93. The number of hydrogen-bond donors (Lipinski definition) is 0. The van der Waals surface area contributed by atoms with Crippen molar-refractivity contribution >= 4 is 22.9 Å². The Morgan fingerprint density at radius 3 is 3.10 bits per heavy atom. The largest absolute Gasteiger partial charge is 0.242 e. The summed E-state index contributed by atoms with van der Waals surface area (Å²) in [7, 11) is 0. The summed E-state index contributed by atoms with van der Waals surface area (Å²) in [6.07, 6.45) is 4.53. The van der Waals surface area contributed by atoms with Crippen LogP contribution in [-0.4, -0.2) is 19.0 Å². The van der Waals surface area contributed by atoms with Gasteiger partial charge in [0.15, 0.2) is 5.65 Å². The highest BCUT2D eigenvalue weighted by atomic mass is 35.5. The lowest BCUT2D eigenvalue weighted by molar-refractivity contribution is 1.17. The molecule has 0 saturated carbocycles. The maximum Gasteiger partial charge on any atom is 0.178 e. The monoisotopic (exact) mass is 154 g/mol. The molecule has 0 radical (unpaired) electrons. The summed E-state index contributed by atoms with van der Waals surface area (Å²) < 4.78 is 1.33. The third-order valence-electron chi connectivity index (χ3n) is 1.17. The molecule has 5 heteroatoms. The Bertz CT molecular complexity index is 355. The number of imidazole rings is 1. The van der Waals surface area contributed by atoms with E-state index in [0.29, 0.717) is 11.2 Å². The Morgan fingerprint density at radius 2 is 2.30 bits per heavy atom. The number of fused-ring (bicyclic) bond motifs is 1. The zero-order valence-electron chi connectivity index (χ0n) is 4.90. The molecule has 0 spiro atoms. The van der Waals surface area contributed by atoms with E-state index in [1.54, 1.807) is 6.20 Å². The van der Waals surface area contributed by atoms with Crippen LogP contribution >= 0.6 is 11.8 Å². The van der Waals surface area contributed by atoms with Crippen LogP contribution in [0.1, 0.15) is 0 Å². The third-order valence-corrected chi connectivity index (χ3v) is 1.42. The van der Waals surface area contributed by atoms with Gasteiger partial charge in [-0.1, -0.05) is 0 Å². The minimum absolute atomic E-state index is 0.636. The van der Waals surface area contributed by atoms with E-state index in [1.807, 2.05) is 0 Å². The van der Waals surface area contributed by atoms with Crippen LogP contribution in [0, 0.1) is 0 Å². The molecule has 2 rings (SSSR count). The standard InChI is InChI=1S/C5H3ClN4/c6-10-3-9-4-1-7-2-8-5(4)10/h1-3H. The molecule has 2 heterocycles. The molecule has 0 amide bonds. The van der Waals surface area contributed by atoms with E-state index in [9.17, 15) is 0 Å². The van der Waals surface area contributed by atoms with Gasteiger partial charge in [-0.25, -0.2) is 19.0 Å². The first-order valence-corrected chi connectivity index (χ1v) is 3.01. The van der Waals surface area contributed by atoms with E-state index < -0.39 is 0 Å². The summed E-state index contributed by atoms with van der Waals surface area (Å²) in [4.78, 5) is 11.6. The highest BCUT2D eigenvalue weighted by Gasteiger charge is 1.98. The molecule has 0 aliphatic heterocycles. The van der Waals surface area contributed by atoms with Crippen molar-refractivity contribution < 1.29 is 0 Å². The molecule has 10 heavy (non-hydrogen) atoms. The van der Waals surface area contributed by atoms with Gasteiger partial charge in [0.1, 0.15) is 18.2 Å². The van der Waals surface area contributed by atoms with Crippen molar-refractivity contribution in [2.24, 2.45) is 0 Å². The van der Waals surface area contributed by atoms with Gasteiger partial charge in [0.25, 0.3) is 0 Å². The lowest BCUT2D eigenvalue weighted by Crippen LogP contribution is -1.81. The zero-order chi connectivity index (χ0) is 6.97. The summed E-state index contributed by atoms with van der Waals surface area (Å²) in [5, 5.41) is 0. The van der Waals surface area contributed by atoms with Crippen LogP contribution in [0.5, 0.6) is 0 Å². The van der Waals surface area contributed by atoms with E-state index >= 15 is 0 Å². The maximum absolute atomic E-state index is 5.64. The van der Waals surface area contributed by atoms with Crippen LogP contribution in [0.4, 0.5) is 0 Å². The summed E-state index contributed by atoms with van der Waals surface area (Å²) in [6, 6.07) is 0. The molecule has 2 aromatic rings. The molecule has 0 fully saturated rings. The lowest BCUT2D eigenvalue weighted by Gasteiger charge is -1.85. The van der Waals surface area contributed by atoms with E-state index in [0.717, 1.165) is 0 Å². The molecular weight excluding hydrogens is 152 g/mol. The van der Waals surface area contributed by atoms with E-state index in [-0.39, 0.29) is 0 Å². The second-order valence-corrected chi connectivity index (χ2v) is 2.15. The van der Waals surface area contributed by atoms with Gasteiger partial charge < -0.3 is 0 Å². The van der Waals surface area contributed by atoms with Crippen molar-refractivity contribution in [1.29, 1.82) is 0 Å². The Labute approximate surface area is 61.6 Å². The molecule has 0 aliphatic carbocycles. The number of nitrogens with zero attached hydrogens (tertiary/aromatic N) is 4. The third kappa shape index (κ3) is 0.657. The average molecular weight is 155 g/mol. The minimum Gasteiger partial charge on any atom is -0.242 e. The van der Waals surface area contributed by atoms with Gasteiger partial charge in [0, 0.05) is 11.8 Å². The zero-order valence-corrected chi connectivity index (χ0v) is 5.65. The van der Waals surface area contributed by atoms with Gasteiger partial charge in [0.05, 0.1) is 6.20 Å². The minimum atomic E-state index is 0.636. The van der Waals surface area contributed by atoms with Gasteiger partial charge in [-0.2, -0.15) is 0 Å². The Kier molecular flexibility index (Phi) is 1.07. The van der Waals surface area contributed by atoms with Gasteiger partial charge in [-0.15, -0.1) is 0 Å². The van der Waals surface area contributed by atoms with Crippen molar-refractivity contribution in [2.45, 2.75) is 0 Å². The number of rotatable bonds is 0. The number of aromatic nitrogens is 4. The summed E-state index contributed by atoms with van der Waals surface area (Å²) in [5.41, 5.74) is 1.34. The fraction of sp³-hybridized carbons (Fsp3) is 0. The highest BCUT2D eigenvalue weighted by molar-refractivity contribution is 6.18. The van der Waals surface area contributed by atoms with Crippen LogP contribution in [-0.2, 0) is 0 Å². The molecule has 0 bridgehead atoms. The molecule has 0 aliphatic rings. The van der Waals surface area contributed by atoms with Crippen molar-refractivity contribution in [2.75, 3.05) is 0 Å². The van der Waals surface area contributed by atoms with E-state index in [4.69, 9.17) is 11.8 Å². The Hall–Kier alpha value is -1.16. The molecule has 0 atom stereocenters. The first kappa shape index (κ1) is 5.61. The molecule has 0 unspecified atom stereocenters. The van der Waals surface area contributed by atoms with Crippen LogP contribution < -0.4 is 0 Å². The average Bonchev–Trinajstić information content (AvgIpc) is 2.34. The summed E-state index contributed by atoms with van der Waals surface area (Å²) in [6.45, 7) is 0.